The van der Waals surface area contributed by atoms with Gasteiger partial charge in [-0.3, -0.25) is 0 Å². The average molecular weight is 268 g/mol. The van der Waals surface area contributed by atoms with Crippen molar-refractivity contribution >= 4 is 34.2 Å². The summed E-state index contributed by atoms with van der Waals surface area (Å²) in [4.78, 5) is 5.21. The molecule has 0 atom stereocenters. The van der Waals surface area contributed by atoms with Crippen molar-refractivity contribution in [3.8, 4) is 17.2 Å². The maximum absolute atomic E-state index is 8.97. The van der Waals surface area contributed by atoms with Crippen LogP contribution >= 0.6 is 24.0 Å². The topological polar surface area (TPSA) is 36.7 Å². The van der Waals surface area contributed by atoms with Gasteiger partial charge in [-0.15, -0.1) is 24.0 Å². The van der Waals surface area contributed by atoms with Crippen molar-refractivity contribution in [3.05, 3.63) is 47.5 Å². The molecule has 86 valence electrons. The van der Waals surface area contributed by atoms with Crippen molar-refractivity contribution in [3.63, 3.8) is 0 Å². The molecular weight excluding hydrogens is 260 g/mol. The van der Waals surface area contributed by atoms with Gasteiger partial charge in [-0.05, 0) is 29.8 Å². The lowest BCUT2D eigenvalue weighted by atomic mass is 10.0. The van der Waals surface area contributed by atoms with E-state index in [4.69, 9.17) is 5.26 Å². The van der Waals surface area contributed by atoms with Crippen LogP contribution in [0.5, 0.6) is 0 Å². The molecule has 0 saturated heterocycles. The standard InChI is InChI=1S/C14H8N2S2/c15-7-9-2-1-3-10(6-9)13-12(17)5-4-11-14(13)18-8-16-11/h1-6,8,17H. The third kappa shape index (κ3) is 1.78. The van der Waals surface area contributed by atoms with E-state index in [-0.39, 0.29) is 0 Å². The molecule has 1 aromatic heterocycles. The Morgan fingerprint density at radius 2 is 2.11 bits per heavy atom. The van der Waals surface area contributed by atoms with Crippen LogP contribution in [0, 0.1) is 11.3 Å². The van der Waals surface area contributed by atoms with Crippen LogP contribution in [0.15, 0.2) is 46.8 Å². The lowest BCUT2D eigenvalue weighted by molar-refractivity contribution is 1.44. The van der Waals surface area contributed by atoms with Crippen molar-refractivity contribution in [2.45, 2.75) is 4.90 Å². The summed E-state index contributed by atoms with van der Waals surface area (Å²) in [7, 11) is 0. The average Bonchev–Trinajstić information content (AvgIpc) is 2.87. The smallest absolute Gasteiger partial charge is 0.0991 e. The SMILES string of the molecule is N#Cc1cccc(-c2c(S)ccc3ncsc23)c1. The minimum Gasteiger partial charge on any atom is -0.245 e. The van der Waals surface area contributed by atoms with Crippen molar-refractivity contribution in [1.29, 1.82) is 5.26 Å². The van der Waals surface area contributed by atoms with Crippen LogP contribution in [0.1, 0.15) is 5.56 Å². The fourth-order valence-corrected chi connectivity index (χ4v) is 3.19. The van der Waals surface area contributed by atoms with E-state index in [2.05, 4.69) is 23.7 Å². The van der Waals surface area contributed by atoms with E-state index >= 15 is 0 Å². The van der Waals surface area contributed by atoms with Crippen LogP contribution in [0.2, 0.25) is 0 Å². The number of nitriles is 1. The van der Waals surface area contributed by atoms with Crippen LogP contribution in [-0.2, 0) is 0 Å². The lowest BCUT2D eigenvalue weighted by Gasteiger charge is -2.06. The van der Waals surface area contributed by atoms with Gasteiger partial charge in [0, 0.05) is 10.5 Å². The summed E-state index contributed by atoms with van der Waals surface area (Å²) < 4.78 is 1.11. The summed E-state index contributed by atoms with van der Waals surface area (Å²) in [6.07, 6.45) is 0. The summed E-state index contributed by atoms with van der Waals surface area (Å²) in [5.41, 5.74) is 5.51. The third-order valence-electron chi connectivity index (χ3n) is 2.76. The second-order valence-corrected chi connectivity index (χ2v) is 5.19. The molecule has 0 spiro atoms. The largest absolute Gasteiger partial charge is 0.245 e. The highest BCUT2D eigenvalue weighted by atomic mass is 32.1. The predicted molar refractivity (Wildman–Crippen MR) is 77.0 cm³/mol. The summed E-state index contributed by atoms with van der Waals surface area (Å²) in [5.74, 6) is 0. The molecule has 0 amide bonds. The van der Waals surface area contributed by atoms with E-state index in [9.17, 15) is 0 Å². The number of hydrogen-bond acceptors (Lipinski definition) is 4. The molecule has 0 saturated carbocycles. The molecular formula is C14H8N2S2. The number of thiazole rings is 1. The van der Waals surface area contributed by atoms with Gasteiger partial charge in [0.1, 0.15) is 0 Å². The molecule has 3 rings (SSSR count). The molecule has 18 heavy (non-hydrogen) atoms. The van der Waals surface area contributed by atoms with Crippen molar-refractivity contribution < 1.29 is 0 Å². The molecule has 4 heteroatoms. The first-order valence-electron chi connectivity index (χ1n) is 5.35. The fourth-order valence-electron chi connectivity index (χ4n) is 1.94. The Hall–Kier alpha value is -1.83. The fraction of sp³-hybridized carbons (Fsp3) is 0. The number of hydrogen-bond donors (Lipinski definition) is 1. The highest BCUT2D eigenvalue weighted by molar-refractivity contribution is 7.80. The predicted octanol–water partition coefficient (Wildman–Crippen LogP) is 4.12. The van der Waals surface area contributed by atoms with E-state index in [1.807, 2.05) is 35.8 Å². The second kappa shape index (κ2) is 4.45. The number of benzene rings is 2. The van der Waals surface area contributed by atoms with Crippen molar-refractivity contribution in [2.24, 2.45) is 0 Å². The van der Waals surface area contributed by atoms with Crippen LogP contribution in [-0.4, -0.2) is 4.98 Å². The molecule has 2 nitrogen and oxygen atoms in total. The Labute approximate surface area is 114 Å². The first-order chi connectivity index (χ1) is 8.79. The Kier molecular flexibility index (Phi) is 2.78. The van der Waals surface area contributed by atoms with Gasteiger partial charge >= 0.3 is 0 Å². The van der Waals surface area contributed by atoms with Gasteiger partial charge in [0.15, 0.2) is 0 Å². The first kappa shape index (κ1) is 11.3. The molecule has 0 aliphatic heterocycles. The van der Waals surface area contributed by atoms with Gasteiger partial charge in [0.25, 0.3) is 0 Å². The first-order valence-corrected chi connectivity index (χ1v) is 6.68. The molecule has 0 bridgehead atoms. The molecule has 2 aromatic carbocycles. The molecule has 0 unspecified atom stereocenters. The Morgan fingerprint density at radius 1 is 1.22 bits per heavy atom. The maximum atomic E-state index is 8.97. The highest BCUT2D eigenvalue weighted by Crippen LogP contribution is 2.36. The summed E-state index contributed by atoms with van der Waals surface area (Å²) in [6, 6.07) is 13.6. The Bertz CT molecular complexity index is 769. The monoisotopic (exact) mass is 268 g/mol. The normalized spacial score (nSPS) is 10.4. The van der Waals surface area contributed by atoms with Crippen LogP contribution < -0.4 is 0 Å². The molecule has 0 aliphatic carbocycles. The summed E-state index contributed by atoms with van der Waals surface area (Å²) >= 11 is 6.11. The minimum absolute atomic E-state index is 0.654. The molecule has 0 radical (unpaired) electrons. The number of rotatable bonds is 1. The molecule has 0 fully saturated rings. The Morgan fingerprint density at radius 3 is 2.94 bits per heavy atom. The van der Waals surface area contributed by atoms with E-state index in [1.165, 1.54) is 0 Å². The second-order valence-electron chi connectivity index (χ2n) is 3.85. The van der Waals surface area contributed by atoms with Gasteiger partial charge < -0.3 is 0 Å². The summed E-state index contributed by atoms with van der Waals surface area (Å²) in [5, 5.41) is 8.97. The third-order valence-corrected chi connectivity index (χ3v) is 3.99. The number of aromatic nitrogens is 1. The van der Waals surface area contributed by atoms with Gasteiger partial charge in [0.2, 0.25) is 0 Å². The zero-order chi connectivity index (χ0) is 12.5. The highest BCUT2D eigenvalue weighted by Gasteiger charge is 2.10. The lowest BCUT2D eigenvalue weighted by Crippen LogP contribution is -1.83. The molecule has 0 aliphatic rings. The number of fused-ring (bicyclic) bond motifs is 1. The number of nitrogens with zero attached hydrogens (tertiary/aromatic N) is 2. The van der Waals surface area contributed by atoms with Crippen LogP contribution in [0.4, 0.5) is 0 Å². The molecule has 3 aromatic rings. The minimum atomic E-state index is 0.654. The van der Waals surface area contributed by atoms with Crippen molar-refractivity contribution in [2.75, 3.05) is 0 Å². The van der Waals surface area contributed by atoms with Crippen LogP contribution in [0.3, 0.4) is 0 Å². The van der Waals surface area contributed by atoms with Gasteiger partial charge in [-0.25, -0.2) is 4.98 Å². The van der Waals surface area contributed by atoms with E-state index in [1.54, 1.807) is 17.4 Å². The molecule has 0 N–H and O–H groups in total. The zero-order valence-electron chi connectivity index (χ0n) is 9.29. The van der Waals surface area contributed by atoms with Gasteiger partial charge in [-0.2, -0.15) is 5.26 Å². The van der Waals surface area contributed by atoms with E-state index in [0.717, 1.165) is 26.2 Å². The van der Waals surface area contributed by atoms with E-state index in [0.29, 0.717) is 5.56 Å². The molecule has 1 heterocycles. The van der Waals surface area contributed by atoms with Gasteiger partial charge in [-0.1, -0.05) is 12.1 Å². The zero-order valence-corrected chi connectivity index (χ0v) is 11.0. The number of thiol groups is 1. The summed E-state index contributed by atoms with van der Waals surface area (Å²) in [6.45, 7) is 0. The Balaban J connectivity index is 2.33. The quantitative estimate of drug-likeness (QED) is 0.674. The van der Waals surface area contributed by atoms with Crippen molar-refractivity contribution in [1.82, 2.24) is 4.98 Å². The maximum Gasteiger partial charge on any atom is 0.0991 e. The van der Waals surface area contributed by atoms with Gasteiger partial charge in [0.05, 0.1) is 27.4 Å². The van der Waals surface area contributed by atoms with E-state index < -0.39 is 0 Å². The van der Waals surface area contributed by atoms with Crippen LogP contribution in [0.25, 0.3) is 21.3 Å².